The van der Waals surface area contributed by atoms with E-state index in [4.69, 9.17) is 9.47 Å². The monoisotopic (exact) mass is 374 g/mol. The van der Waals surface area contributed by atoms with Crippen LogP contribution in [0.4, 0.5) is 0 Å². The molecule has 0 spiro atoms. The van der Waals surface area contributed by atoms with Gasteiger partial charge >= 0.3 is 0 Å². The van der Waals surface area contributed by atoms with Gasteiger partial charge in [-0.2, -0.15) is 0 Å². The van der Waals surface area contributed by atoms with E-state index in [0.717, 1.165) is 33.8 Å². The van der Waals surface area contributed by atoms with Crippen molar-refractivity contribution >= 4 is 19.2 Å². The van der Waals surface area contributed by atoms with E-state index >= 15 is 0 Å². The van der Waals surface area contributed by atoms with E-state index in [9.17, 15) is 0 Å². The molecule has 3 rings (SSSR count). The van der Waals surface area contributed by atoms with E-state index < -0.39 is 8.07 Å². The Morgan fingerprint density at radius 2 is 1.00 bits per heavy atom. The van der Waals surface area contributed by atoms with Crippen LogP contribution in [0.15, 0.2) is 84.2 Å². The first-order valence-corrected chi connectivity index (χ1v) is 12.1. The van der Waals surface area contributed by atoms with Gasteiger partial charge in [0.15, 0.2) is 0 Å². The normalized spacial score (nSPS) is 15.0. The van der Waals surface area contributed by atoms with E-state index in [-0.39, 0.29) is 0 Å². The minimum absolute atomic E-state index is 0.847. The lowest BCUT2D eigenvalue weighted by atomic mass is 9.89. The topological polar surface area (TPSA) is 18.5 Å². The predicted octanol–water partition coefficient (Wildman–Crippen LogP) is 6.08. The summed E-state index contributed by atoms with van der Waals surface area (Å²) in [4.78, 5) is 0. The zero-order valence-corrected chi connectivity index (χ0v) is 17.5. The molecule has 1 aliphatic heterocycles. The van der Waals surface area contributed by atoms with E-state index in [1.165, 1.54) is 11.1 Å². The van der Waals surface area contributed by atoms with Gasteiger partial charge in [-0.1, -0.05) is 61.9 Å². The minimum atomic E-state index is -1.59. The second-order valence-corrected chi connectivity index (χ2v) is 11.6. The lowest BCUT2D eigenvalue weighted by Gasteiger charge is -2.15. The maximum atomic E-state index is 5.27. The van der Waals surface area contributed by atoms with Crippen LogP contribution in [0.2, 0.25) is 13.1 Å². The highest BCUT2D eigenvalue weighted by molar-refractivity contribution is 6.88. The Kier molecular flexibility index (Phi) is 5.24. The summed E-state index contributed by atoms with van der Waals surface area (Å²) in [5.74, 6) is 1.69. The van der Waals surface area contributed by atoms with Gasteiger partial charge < -0.3 is 9.47 Å². The van der Waals surface area contributed by atoms with Gasteiger partial charge in [0.2, 0.25) is 0 Å². The van der Waals surface area contributed by atoms with Gasteiger partial charge in [-0.15, -0.1) is 0 Å². The summed E-state index contributed by atoms with van der Waals surface area (Å²) in [6, 6.07) is 16.1. The Morgan fingerprint density at radius 3 is 1.30 bits per heavy atom. The minimum Gasteiger partial charge on any atom is -0.497 e. The van der Waals surface area contributed by atoms with Crippen molar-refractivity contribution in [3.63, 3.8) is 0 Å². The first kappa shape index (κ1) is 19.0. The SMILES string of the molecule is C=C(C1=C[Si](C)(C)C=C1C(=C)c1ccc(OC)cc1)c1ccc(OC)cc1. The van der Waals surface area contributed by atoms with Crippen LogP contribution in [0.3, 0.4) is 0 Å². The second-order valence-electron chi connectivity index (χ2n) is 7.35. The maximum absolute atomic E-state index is 5.27. The molecule has 138 valence electrons. The molecule has 0 bridgehead atoms. The first-order valence-electron chi connectivity index (χ1n) is 8.98. The number of hydrogen-bond acceptors (Lipinski definition) is 2. The molecule has 0 atom stereocenters. The number of allylic oxidation sites excluding steroid dienone is 4. The molecule has 0 aromatic heterocycles. The van der Waals surface area contributed by atoms with Crippen LogP contribution >= 0.6 is 0 Å². The highest BCUT2D eigenvalue weighted by Crippen LogP contribution is 2.41. The summed E-state index contributed by atoms with van der Waals surface area (Å²) in [5.41, 5.74) is 11.4. The standard InChI is InChI=1S/C24H26O2Si/c1-17(19-7-11-21(25-3)12-8-19)23-15-27(5,6)16-24(23)18(2)20-9-13-22(26-4)14-10-20/h7-16H,1-2H2,3-6H3. The predicted molar refractivity (Wildman–Crippen MR) is 118 cm³/mol. The third-order valence-electron chi connectivity index (χ3n) is 4.85. The van der Waals surface area contributed by atoms with Crippen molar-refractivity contribution in [3.05, 3.63) is 95.4 Å². The first-order chi connectivity index (χ1) is 12.8. The third-order valence-corrected chi connectivity index (χ3v) is 6.92. The molecule has 0 saturated carbocycles. The van der Waals surface area contributed by atoms with Gasteiger partial charge in [0, 0.05) is 0 Å². The molecule has 0 saturated heterocycles. The second kappa shape index (κ2) is 7.45. The smallest absolute Gasteiger partial charge is 0.118 e. The van der Waals surface area contributed by atoms with Crippen LogP contribution in [0, 0.1) is 0 Å². The van der Waals surface area contributed by atoms with Crippen molar-refractivity contribution in [2.24, 2.45) is 0 Å². The zero-order valence-electron chi connectivity index (χ0n) is 16.5. The van der Waals surface area contributed by atoms with Crippen molar-refractivity contribution in [1.82, 2.24) is 0 Å². The Bertz CT molecular complexity index is 852. The molecular weight excluding hydrogens is 348 g/mol. The summed E-state index contributed by atoms with van der Waals surface area (Å²) < 4.78 is 10.5. The molecule has 27 heavy (non-hydrogen) atoms. The number of benzene rings is 2. The molecule has 0 N–H and O–H groups in total. The van der Waals surface area contributed by atoms with E-state index in [0.29, 0.717) is 0 Å². The van der Waals surface area contributed by atoms with Gasteiger partial charge in [0.05, 0.1) is 22.3 Å². The third kappa shape index (κ3) is 3.98. The number of ether oxygens (including phenoxy) is 2. The molecule has 0 radical (unpaired) electrons. The van der Waals surface area contributed by atoms with Gasteiger partial charge in [-0.25, -0.2) is 0 Å². The van der Waals surface area contributed by atoms with Gasteiger partial charge in [-0.3, -0.25) is 0 Å². The van der Waals surface area contributed by atoms with Crippen molar-refractivity contribution in [3.8, 4) is 11.5 Å². The fraction of sp³-hybridized carbons (Fsp3) is 0.167. The largest absolute Gasteiger partial charge is 0.497 e. The summed E-state index contributed by atoms with van der Waals surface area (Å²) in [5, 5.41) is 0. The molecule has 3 heteroatoms. The van der Waals surface area contributed by atoms with Crippen molar-refractivity contribution in [2.45, 2.75) is 13.1 Å². The molecule has 1 aliphatic rings. The van der Waals surface area contributed by atoms with Crippen LogP contribution in [-0.2, 0) is 0 Å². The molecule has 2 nitrogen and oxygen atoms in total. The molecule has 0 aliphatic carbocycles. The van der Waals surface area contributed by atoms with Crippen LogP contribution in [0.1, 0.15) is 11.1 Å². The van der Waals surface area contributed by atoms with Crippen molar-refractivity contribution in [1.29, 1.82) is 0 Å². The maximum Gasteiger partial charge on any atom is 0.118 e. The van der Waals surface area contributed by atoms with E-state index in [1.54, 1.807) is 14.2 Å². The van der Waals surface area contributed by atoms with Gasteiger partial charge in [0.25, 0.3) is 0 Å². The average molecular weight is 375 g/mol. The summed E-state index contributed by atoms with van der Waals surface area (Å²) >= 11 is 0. The van der Waals surface area contributed by atoms with Gasteiger partial charge in [-0.05, 0) is 57.7 Å². The van der Waals surface area contributed by atoms with E-state index in [2.05, 4.69) is 61.9 Å². The molecule has 0 unspecified atom stereocenters. The Morgan fingerprint density at radius 1 is 0.667 bits per heavy atom. The van der Waals surface area contributed by atoms with Gasteiger partial charge in [0.1, 0.15) is 11.5 Å². The molecule has 1 heterocycles. The van der Waals surface area contributed by atoms with Crippen molar-refractivity contribution in [2.75, 3.05) is 14.2 Å². The Balaban J connectivity index is 1.94. The summed E-state index contributed by atoms with van der Waals surface area (Å²) in [6.45, 7) is 13.5. The Labute approximate surface area is 163 Å². The van der Waals surface area contributed by atoms with Crippen LogP contribution < -0.4 is 9.47 Å². The fourth-order valence-electron chi connectivity index (χ4n) is 3.34. The number of rotatable bonds is 6. The average Bonchev–Trinajstić information content (AvgIpc) is 3.02. The Hall–Kier alpha value is -2.78. The lowest BCUT2D eigenvalue weighted by molar-refractivity contribution is 0.414. The molecule has 2 aromatic carbocycles. The quantitative estimate of drug-likeness (QED) is 0.570. The van der Waals surface area contributed by atoms with Crippen molar-refractivity contribution < 1.29 is 9.47 Å². The lowest BCUT2D eigenvalue weighted by Crippen LogP contribution is -2.16. The molecule has 0 fully saturated rings. The highest BCUT2D eigenvalue weighted by atomic mass is 28.3. The van der Waals surface area contributed by atoms with Crippen LogP contribution in [-0.4, -0.2) is 22.3 Å². The van der Waals surface area contributed by atoms with Crippen LogP contribution in [0.25, 0.3) is 11.1 Å². The zero-order chi connectivity index (χ0) is 19.6. The highest BCUT2D eigenvalue weighted by Gasteiger charge is 2.28. The van der Waals surface area contributed by atoms with Crippen LogP contribution in [0.5, 0.6) is 11.5 Å². The molecular formula is C24H26O2Si. The summed E-state index contributed by atoms with van der Waals surface area (Å²) in [6.07, 6.45) is 0. The number of methoxy groups -OCH3 is 2. The van der Waals surface area contributed by atoms with E-state index in [1.807, 2.05) is 24.3 Å². The molecule has 2 aromatic rings. The fourth-order valence-corrected chi connectivity index (χ4v) is 5.57. The number of hydrogen-bond donors (Lipinski definition) is 0. The molecule has 0 amide bonds. The summed E-state index contributed by atoms with van der Waals surface area (Å²) in [7, 11) is 1.77.